The van der Waals surface area contributed by atoms with Crippen LogP contribution in [0.5, 0.6) is 0 Å². The molecule has 1 heterocycles. The predicted octanol–water partition coefficient (Wildman–Crippen LogP) is 0.340. The van der Waals surface area contributed by atoms with Crippen molar-refractivity contribution in [3.63, 3.8) is 0 Å². The van der Waals surface area contributed by atoms with Gasteiger partial charge in [0.15, 0.2) is 0 Å². The van der Waals surface area contributed by atoms with E-state index in [0.29, 0.717) is 25.6 Å². The van der Waals surface area contributed by atoms with E-state index < -0.39 is 10.0 Å². The van der Waals surface area contributed by atoms with Gasteiger partial charge in [-0.15, -0.1) is 0 Å². The van der Waals surface area contributed by atoms with Crippen LogP contribution in [0.4, 0.5) is 0 Å². The van der Waals surface area contributed by atoms with Crippen molar-refractivity contribution in [2.75, 3.05) is 26.8 Å². The van der Waals surface area contributed by atoms with Gasteiger partial charge in [0.2, 0.25) is 10.0 Å². The lowest BCUT2D eigenvalue weighted by atomic mass is 10.4. The number of nitrogens with one attached hydrogen (secondary N) is 2. The first-order valence-electron chi connectivity index (χ1n) is 7.36. The van der Waals surface area contributed by atoms with Crippen molar-refractivity contribution in [1.82, 2.24) is 19.8 Å². The molecule has 7 nitrogen and oxygen atoms in total. The van der Waals surface area contributed by atoms with Crippen LogP contribution in [0.15, 0.2) is 17.3 Å². The zero-order chi connectivity index (χ0) is 15.1. The van der Waals surface area contributed by atoms with E-state index in [1.54, 1.807) is 18.0 Å². The molecule has 21 heavy (non-hydrogen) atoms. The van der Waals surface area contributed by atoms with Crippen molar-refractivity contribution < 1.29 is 13.2 Å². The molecule has 1 aromatic rings. The first kappa shape index (κ1) is 16.4. The largest absolute Gasteiger partial charge is 0.385 e. The van der Waals surface area contributed by atoms with Gasteiger partial charge in [-0.25, -0.2) is 13.1 Å². The van der Waals surface area contributed by atoms with Crippen LogP contribution in [0, 0.1) is 0 Å². The number of aryl methyl sites for hydroxylation is 1. The quantitative estimate of drug-likeness (QED) is 0.575. The molecule has 2 N–H and O–H groups in total. The summed E-state index contributed by atoms with van der Waals surface area (Å²) in [5, 5.41) is 7.52. The number of hydrogen-bond acceptors (Lipinski definition) is 5. The Labute approximate surface area is 126 Å². The highest BCUT2D eigenvalue weighted by Crippen LogP contribution is 2.18. The molecule has 8 heteroatoms. The van der Waals surface area contributed by atoms with Crippen LogP contribution < -0.4 is 10.0 Å². The molecule has 1 saturated carbocycles. The fourth-order valence-corrected chi connectivity index (χ4v) is 2.97. The summed E-state index contributed by atoms with van der Waals surface area (Å²) in [5.74, 6) is 0. The van der Waals surface area contributed by atoms with E-state index in [-0.39, 0.29) is 4.90 Å². The lowest BCUT2D eigenvalue weighted by Gasteiger charge is -2.04. The van der Waals surface area contributed by atoms with Gasteiger partial charge in [0.1, 0.15) is 4.90 Å². The second kappa shape index (κ2) is 7.88. The molecule has 0 aliphatic heterocycles. The molecule has 1 fully saturated rings. The number of hydrogen-bond donors (Lipinski definition) is 2. The van der Waals surface area contributed by atoms with E-state index in [2.05, 4.69) is 15.1 Å². The minimum absolute atomic E-state index is 0.218. The lowest BCUT2D eigenvalue weighted by molar-refractivity contribution is 0.196. The van der Waals surface area contributed by atoms with Crippen molar-refractivity contribution in [3.8, 4) is 0 Å². The zero-order valence-corrected chi connectivity index (χ0v) is 13.2. The highest BCUT2D eigenvalue weighted by molar-refractivity contribution is 7.89. The van der Waals surface area contributed by atoms with Crippen LogP contribution >= 0.6 is 0 Å². The number of methoxy groups -OCH3 is 1. The molecule has 0 atom stereocenters. The van der Waals surface area contributed by atoms with E-state index in [4.69, 9.17) is 4.74 Å². The number of rotatable bonds is 11. The maximum Gasteiger partial charge on any atom is 0.243 e. The molecule has 0 radical (unpaired) electrons. The first-order chi connectivity index (χ1) is 10.1. The Morgan fingerprint density at radius 3 is 2.90 bits per heavy atom. The fourth-order valence-electron chi connectivity index (χ4n) is 1.95. The Morgan fingerprint density at radius 1 is 1.38 bits per heavy atom. The summed E-state index contributed by atoms with van der Waals surface area (Å²) in [5.41, 5.74) is 0. The van der Waals surface area contributed by atoms with Crippen molar-refractivity contribution in [3.05, 3.63) is 12.4 Å². The molecule has 1 aliphatic rings. The Hall–Kier alpha value is -0.960. The van der Waals surface area contributed by atoms with Gasteiger partial charge in [0, 0.05) is 39.0 Å². The SMILES string of the molecule is COCCCNS(=O)(=O)c1cnn(CCCNC2CC2)c1. The third-order valence-corrected chi connectivity index (χ3v) is 4.73. The summed E-state index contributed by atoms with van der Waals surface area (Å²) in [6, 6.07) is 0.704. The van der Waals surface area contributed by atoms with Crippen molar-refractivity contribution >= 4 is 10.0 Å². The van der Waals surface area contributed by atoms with Crippen molar-refractivity contribution in [2.45, 2.75) is 43.2 Å². The first-order valence-corrected chi connectivity index (χ1v) is 8.84. The third kappa shape index (κ3) is 5.74. The lowest BCUT2D eigenvalue weighted by Crippen LogP contribution is -2.25. The summed E-state index contributed by atoms with van der Waals surface area (Å²) in [7, 11) is -1.86. The van der Waals surface area contributed by atoms with Crippen LogP contribution in [-0.4, -0.2) is 51.0 Å². The molecule has 2 rings (SSSR count). The molecule has 0 aromatic carbocycles. The van der Waals surface area contributed by atoms with Gasteiger partial charge in [0.05, 0.1) is 6.20 Å². The smallest absolute Gasteiger partial charge is 0.243 e. The molecule has 0 amide bonds. The number of ether oxygens (including phenoxy) is 1. The monoisotopic (exact) mass is 316 g/mol. The van der Waals surface area contributed by atoms with Gasteiger partial charge in [-0.3, -0.25) is 4.68 Å². The van der Waals surface area contributed by atoms with E-state index in [9.17, 15) is 8.42 Å². The molecular weight excluding hydrogens is 292 g/mol. The normalized spacial score (nSPS) is 15.5. The van der Waals surface area contributed by atoms with Crippen LogP contribution in [0.2, 0.25) is 0 Å². The van der Waals surface area contributed by atoms with E-state index in [0.717, 1.165) is 19.5 Å². The van der Waals surface area contributed by atoms with Crippen LogP contribution in [0.25, 0.3) is 0 Å². The molecule has 0 unspecified atom stereocenters. The van der Waals surface area contributed by atoms with Gasteiger partial charge in [0.25, 0.3) is 0 Å². The van der Waals surface area contributed by atoms with E-state index in [1.807, 2.05) is 0 Å². The maximum atomic E-state index is 12.0. The maximum absolute atomic E-state index is 12.0. The minimum Gasteiger partial charge on any atom is -0.385 e. The topological polar surface area (TPSA) is 85.2 Å². The summed E-state index contributed by atoms with van der Waals surface area (Å²) in [6.07, 6.45) is 7.12. The Bertz CT molecular complexity index is 525. The van der Waals surface area contributed by atoms with Gasteiger partial charge in [-0.1, -0.05) is 0 Å². The molecule has 0 spiro atoms. The van der Waals surface area contributed by atoms with E-state index >= 15 is 0 Å². The minimum atomic E-state index is -3.46. The van der Waals surface area contributed by atoms with Crippen molar-refractivity contribution in [1.29, 1.82) is 0 Å². The number of aromatic nitrogens is 2. The molecule has 1 aliphatic carbocycles. The van der Waals surface area contributed by atoms with E-state index in [1.165, 1.54) is 19.0 Å². The number of sulfonamides is 1. The zero-order valence-electron chi connectivity index (χ0n) is 12.4. The molecular formula is C13H24N4O3S. The number of nitrogens with zero attached hydrogens (tertiary/aromatic N) is 2. The second-order valence-electron chi connectivity index (χ2n) is 5.27. The molecule has 120 valence electrons. The average Bonchev–Trinajstić information content (AvgIpc) is 3.15. The highest BCUT2D eigenvalue weighted by Gasteiger charge is 2.19. The van der Waals surface area contributed by atoms with Crippen molar-refractivity contribution in [2.24, 2.45) is 0 Å². The predicted molar refractivity (Wildman–Crippen MR) is 79.6 cm³/mol. The van der Waals surface area contributed by atoms with Gasteiger partial charge in [-0.05, 0) is 32.2 Å². The fraction of sp³-hybridized carbons (Fsp3) is 0.769. The Morgan fingerprint density at radius 2 is 2.19 bits per heavy atom. The highest BCUT2D eigenvalue weighted by atomic mass is 32.2. The van der Waals surface area contributed by atoms with Gasteiger partial charge < -0.3 is 10.1 Å². The van der Waals surface area contributed by atoms with Crippen LogP contribution in [0.3, 0.4) is 0 Å². The van der Waals surface area contributed by atoms with Gasteiger partial charge >= 0.3 is 0 Å². The summed E-state index contributed by atoms with van der Waals surface area (Å²) in [4.78, 5) is 0.218. The molecule has 1 aromatic heterocycles. The molecule has 0 bridgehead atoms. The van der Waals surface area contributed by atoms with Crippen LogP contribution in [-0.2, 0) is 21.3 Å². The third-order valence-electron chi connectivity index (χ3n) is 3.31. The standard InChI is InChI=1S/C13H24N4O3S/c1-20-9-3-7-16-21(18,19)13-10-15-17(11-13)8-2-6-14-12-4-5-12/h10-12,14,16H,2-9H2,1H3. The summed E-state index contributed by atoms with van der Waals surface area (Å²) >= 11 is 0. The Kier molecular flexibility index (Phi) is 6.16. The average molecular weight is 316 g/mol. The summed E-state index contributed by atoms with van der Waals surface area (Å²) in [6.45, 7) is 2.57. The Balaban J connectivity index is 1.74. The van der Waals surface area contributed by atoms with Crippen LogP contribution in [0.1, 0.15) is 25.7 Å². The summed E-state index contributed by atoms with van der Waals surface area (Å²) < 4.78 is 33.1. The van der Waals surface area contributed by atoms with Gasteiger partial charge in [-0.2, -0.15) is 5.10 Å². The molecule has 0 saturated heterocycles. The second-order valence-corrected chi connectivity index (χ2v) is 7.03.